The maximum atomic E-state index is 12.7. The van der Waals surface area contributed by atoms with Gasteiger partial charge < -0.3 is 5.32 Å². The lowest BCUT2D eigenvalue weighted by Crippen LogP contribution is -2.28. The maximum Gasteiger partial charge on any atom is 0.123 e. The molecule has 1 aromatic rings. The Hall–Kier alpha value is -0.890. The molecule has 17 heavy (non-hydrogen) atoms. The highest BCUT2D eigenvalue weighted by atomic mass is 19.1. The van der Waals surface area contributed by atoms with Crippen LogP contribution in [0.1, 0.15) is 39.2 Å². The van der Waals surface area contributed by atoms with Gasteiger partial charge in [0, 0.05) is 6.04 Å². The van der Waals surface area contributed by atoms with Crippen molar-refractivity contribution in [3.05, 3.63) is 35.6 Å². The van der Waals surface area contributed by atoms with Crippen molar-refractivity contribution in [2.45, 2.75) is 46.1 Å². The third-order valence-electron chi connectivity index (χ3n) is 3.00. The zero-order valence-corrected chi connectivity index (χ0v) is 11.2. The lowest BCUT2D eigenvalue weighted by Gasteiger charge is -2.14. The van der Waals surface area contributed by atoms with Crippen LogP contribution in [0.4, 0.5) is 4.39 Å². The second-order valence-corrected chi connectivity index (χ2v) is 5.20. The number of halogens is 1. The molecule has 1 atom stereocenters. The number of benzene rings is 1. The van der Waals surface area contributed by atoms with E-state index in [0.29, 0.717) is 6.04 Å². The van der Waals surface area contributed by atoms with Crippen LogP contribution in [0, 0.1) is 11.7 Å². The Morgan fingerprint density at radius 2 is 1.71 bits per heavy atom. The van der Waals surface area contributed by atoms with Crippen molar-refractivity contribution in [2.75, 3.05) is 6.54 Å². The first kappa shape index (κ1) is 14.2. The largest absolute Gasteiger partial charge is 0.314 e. The summed E-state index contributed by atoms with van der Waals surface area (Å²) < 4.78 is 12.7. The molecule has 1 rings (SSSR count). The molecule has 0 amide bonds. The van der Waals surface area contributed by atoms with Gasteiger partial charge in [-0.2, -0.15) is 0 Å². The van der Waals surface area contributed by atoms with Gasteiger partial charge in [0.05, 0.1) is 0 Å². The predicted molar refractivity (Wildman–Crippen MR) is 71.6 cm³/mol. The van der Waals surface area contributed by atoms with Crippen molar-refractivity contribution in [1.82, 2.24) is 5.32 Å². The van der Waals surface area contributed by atoms with Gasteiger partial charge in [-0.3, -0.25) is 0 Å². The Morgan fingerprint density at radius 3 is 2.29 bits per heavy atom. The smallest absolute Gasteiger partial charge is 0.123 e. The van der Waals surface area contributed by atoms with E-state index in [1.165, 1.54) is 30.5 Å². The molecule has 0 radical (unpaired) electrons. The molecule has 0 heterocycles. The Labute approximate surface area is 104 Å². The first-order valence-electron chi connectivity index (χ1n) is 6.55. The van der Waals surface area contributed by atoms with Crippen LogP contribution in [-0.4, -0.2) is 12.6 Å². The fourth-order valence-corrected chi connectivity index (χ4v) is 1.80. The van der Waals surface area contributed by atoms with Crippen LogP contribution in [0.5, 0.6) is 0 Å². The average molecular weight is 237 g/mol. The molecular formula is C15H24FN. The Kier molecular flexibility index (Phi) is 6.20. The number of hydrogen-bond acceptors (Lipinski definition) is 1. The summed E-state index contributed by atoms with van der Waals surface area (Å²) in [6, 6.07) is 7.33. The van der Waals surface area contributed by atoms with Gasteiger partial charge in [0.2, 0.25) is 0 Å². The monoisotopic (exact) mass is 237 g/mol. The van der Waals surface area contributed by atoms with Gasteiger partial charge in [-0.05, 0) is 56.3 Å². The summed E-state index contributed by atoms with van der Waals surface area (Å²) >= 11 is 0. The molecule has 0 bridgehead atoms. The summed E-state index contributed by atoms with van der Waals surface area (Å²) in [5, 5.41) is 3.51. The van der Waals surface area contributed by atoms with E-state index in [4.69, 9.17) is 0 Å². The van der Waals surface area contributed by atoms with Gasteiger partial charge in [-0.25, -0.2) is 4.39 Å². The summed E-state index contributed by atoms with van der Waals surface area (Å²) in [6.45, 7) is 7.70. The third-order valence-corrected chi connectivity index (χ3v) is 3.00. The molecular weight excluding hydrogens is 213 g/mol. The van der Waals surface area contributed by atoms with Crippen LogP contribution in [0.25, 0.3) is 0 Å². The maximum absolute atomic E-state index is 12.7. The molecule has 96 valence electrons. The van der Waals surface area contributed by atoms with E-state index in [9.17, 15) is 4.39 Å². The lowest BCUT2D eigenvalue weighted by atomic mass is 10.0. The Bertz CT molecular complexity index is 305. The van der Waals surface area contributed by atoms with Crippen molar-refractivity contribution >= 4 is 0 Å². The van der Waals surface area contributed by atoms with Gasteiger partial charge in [-0.15, -0.1) is 0 Å². The topological polar surface area (TPSA) is 12.0 Å². The first-order valence-corrected chi connectivity index (χ1v) is 6.55. The number of nitrogens with one attached hydrogen (secondary N) is 1. The van der Waals surface area contributed by atoms with Crippen molar-refractivity contribution in [1.29, 1.82) is 0 Å². The van der Waals surface area contributed by atoms with E-state index < -0.39 is 0 Å². The number of hydrogen-bond donors (Lipinski definition) is 1. The zero-order valence-electron chi connectivity index (χ0n) is 11.2. The Balaban J connectivity index is 2.16. The first-order chi connectivity index (χ1) is 8.08. The van der Waals surface area contributed by atoms with Crippen LogP contribution < -0.4 is 5.32 Å². The molecule has 1 N–H and O–H groups in total. The molecule has 0 fully saturated rings. The minimum Gasteiger partial charge on any atom is -0.314 e. The van der Waals surface area contributed by atoms with Crippen LogP contribution in [0.15, 0.2) is 24.3 Å². The normalized spacial score (nSPS) is 13.0. The fourth-order valence-electron chi connectivity index (χ4n) is 1.80. The quantitative estimate of drug-likeness (QED) is 0.761. The average Bonchev–Trinajstić information content (AvgIpc) is 2.29. The molecule has 0 saturated carbocycles. The second-order valence-electron chi connectivity index (χ2n) is 5.20. The molecule has 0 spiro atoms. The van der Waals surface area contributed by atoms with E-state index >= 15 is 0 Å². The van der Waals surface area contributed by atoms with E-state index in [0.717, 1.165) is 18.9 Å². The van der Waals surface area contributed by atoms with E-state index in [2.05, 4.69) is 26.1 Å². The summed E-state index contributed by atoms with van der Waals surface area (Å²) in [7, 11) is 0. The Morgan fingerprint density at radius 1 is 1.06 bits per heavy atom. The SMILES string of the molecule is CC(C)CCC(C)NCCc1ccc(F)cc1. The highest BCUT2D eigenvalue weighted by Crippen LogP contribution is 2.07. The van der Waals surface area contributed by atoms with Crippen LogP contribution in [-0.2, 0) is 6.42 Å². The van der Waals surface area contributed by atoms with Crippen LogP contribution in [0.2, 0.25) is 0 Å². The summed E-state index contributed by atoms with van der Waals surface area (Å²) in [5.41, 5.74) is 1.19. The van der Waals surface area contributed by atoms with Crippen molar-refractivity contribution < 1.29 is 4.39 Å². The number of rotatable bonds is 7. The standard InChI is InChI=1S/C15H24FN/c1-12(2)4-5-13(3)17-11-10-14-6-8-15(16)9-7-14/h6-9,12-13,17H,4-5,10-11H2,1-3H3. The molecule has 0 aliphatic heterocycles. The molecule has 1 aromatic carbocycles. The summed E-state index contributed by atoms with van der Waals surface area (Å²) in [4.78, 5) is 0. The fraction of sp³-hybridized carbons (Fsp3) is 0.600. The van der Waals surface area contributed by atoms with E-state index in [1.807, 2.05) is 12.1 Å². The summed E-state index contributed by atoms with van der Waals surface area (Å²) in [5.74, 6) is 0.614. The van der Waals surface area contributed by atoms with Gasteiger partial charge in [0.25, 0.3) is 0 Å². The summed E-state index contributed by atoms with van der Waals surface area (Å²) in [6.07, 6.45) is 3.46. The molecule has 2 heteroatoms. The molecule has 0 saturated heterocycles. The van der Waals surface area contributed by atoms with Crippen molar-refractivity contribution in [3.8, 4) is 0 Å². The molecule has 0 aromatic heterocycles. The van der Waals surface area contributed by atoms with Gasteiger partial charge in [0.15, 0.2) is 0 Å². The highest BCUT2D eigenvalue weighted by Gasteiger charge is 2.02. The predicted octanol–water partition coefficient (Wildman–Crippen LogP) is 3.78. The van der Waals surface area contributed by atoms with E-state index in [1.54, 1.807) is 0 Å². The lowest BCUT2D eigenvalue weighted by molar-refractivity contribution is 0.453. The second kappa shape index (κ2) is 7.44. The third kappa shape index (κ3) is 6.42. The minimum absolute atomic E-state index is 0.160. The van der Waals surface area contributed by atoms with Crippen molar-refractivity contribution in [2.24, 2.45) is 5.92 Å². The van der Waals surface area contributed by atoms with Gasteiger partial charge in [0.1, 0.15) is 5.82 Å². The van der Waals surface area contributed by atoms with Crippen LogP contribution in [0.3, 0.4) is 0 Å². The molecule has 0 aliphatic carbocycles. The molecule has 0 aliphatic rings. The molecule has 1 nitrogen and oxygen atoms in total. The van der Waals surface area contributed by atoms with Gasteiger partial charge >= 0.3 is 0 Å². The zero-order chi connectivity index (χ0) is 12.7. The van der Waals surface area contributed by atoms with Crippen molar-refractivity contribution in [3.63, 3.8) is 0 Å². The van der Waals surface area contributed by atoms with E-state index in [-0.39, 0.29) is 5.82 Å². The molecule has 1 unspecified atom stereocenters. The minimum atomic E-state index is -0.160. The highest BCUT2D eigenvalue weighted by molar-refractivity contribution is 5.16. The van der Waals surface area contributed by atoms with Gasteiger partial charge in [-0.1, -0.05) is 26.0 Å². The van der Waals surface area contributed by atoms with Crippen LogP contribution >= 0.6 is 0 Å².